The van der Waals surface area contributed by atoms with Crippen LogP contribution in [0.4, 0.5) is 0 Å². The minimum Gasteiger partial charge on any atom is -0.252 e. The van der Waals surface area contributed by atoms with Gasteiger partial charge in [0.05, 0.1) is 10.6 Å². The first-order chi connectivity index (χ1) is 7.91. The number of thiophene rings is 1. The summed E-state index contributed by atoms with van der Waals surface area (Å²) < 4.78 is 0. The summed E-state index contributed by atoms with van der Waals surface area (Å²) in [5, 5.41) is 0. The van der Waals surface area contributed by atoms with E-state index >= 15 is 0 Å². The van der Waals surface area contributed by atoms with Crippen molar-refractivity contribution in [3.8, 4) is 10.6 Å². The summed E-state index contributed by atoms with van der Waals surface area (Å²) in [6.07, 6.45) is 0. The molecule has 0 unspecified atom stereocenters. The van der Waals surface area contributed by atoms with Gasteiger partial charge < -0.3 is 0 Å². The fourth-order valence-corrected chi connectivity index (χ4v) is 3.08. The molecule has 0 saturated heterocycles. The van der Waals surface area contributed by atoms with Crippen molar-refractivity contribution in [1.29, 1.82) is 0 Å². The van der Waals surface area contributed by atoms with Crippen LogP contribution in [-0.4, -0.2) is 4.98 Å². The average molecular weight is 245 g/mol. The number of aromatic nitrogens is 1. The van der Waals surface area contributed by atoms with Gasteiger partial charge in [0.25, 0.3) is 0 Å². The Hall–Kier alpha value is -1.15. The molecule has 0 atom stereocenters. The molecule has 0 aromatic carbocycles. The highest BCUT2D eigenvalue weighted by Crippen LogP contribution is 2.33. The fourth-order valence-electron chi connectivity index (χ4n) is 2.00. The second-order valence-electron chi connectivity index (χ2n) is 4.77. The van der Waals surface area contributed by atoms with Crippen LogP contribution in [0.25, 0.3) is 10.6 Å². The maximum Gasteiger partial charge on any atom is 0.0837 e. The summed E-state index contributed by atoms with van der Waals surface area (Å²) in [6, 6.07) is 2.25. The summed E-state index contributed by atoms with van der Waals surface area (Å²) in [5.74, 6) is 0. The molecule has 2 aromatic heterocycles. The Balaban J connectivity index is 2.68. The zero-order valence-electron chi connectivity index (χ0n) is 11.4. The zero-order valence-corrected chi connectivity index (χ0v) is 12.2. The fraction of sp³-hybridized carbons (Fsp3) is 0.400. The van der Waals surface area contributed by atoms with Gasteiger partial charge in [-0.15, -0.1) is 11.3 Å². The van der Waals surface area contributed by atoms with E-state index in [1.54, 1.807) is 0 Å². The summed E-state index contributed by atoms with van der Waals surface area (Å²) in [6.45, 7) is 13.0. The highest BCUT2D eigenvalue weighted by Gasteiger charge is 2.13. The van der Waals surface area contributed by atoms with Gasteiger partial charge in [-0.3, -0.25) is 4.98 Å². The number of rotatable bonds is 1. The van der Waals surface area contributed by atoms with Crippen molar-refractivity contribution in [3.63, 3.8) is 0 Å². The van der Waals surface area contributed by atoms with Gasteiger partial charge in [-0.05, 0) is 69.9 Å². The van der Waals surface area contributed by atoms with E-state index in [1.807, 2.05) is 11.3 Å². The monoisotopic (exact) mass is 245 g/mol. The number of pyridine rings is 1. The van der Waals surface area contributed by atoms with Gasteiger partial charge in [-0.1, -0.05) is 0 Å². The lowest BCUT2D eigenvalue weighted by molar-refractivity contribution is 1.10. The molecule has 0 fully saturated rings. The molecule has 1 nitrogen and oxygen atoms in total. The van der Waals surface area contributed by atoms with Gasteiger partial charge in [0, 0.05) is 10.6 Å². The first kappa shape index (κ1) is 12.3. The van der Waals surface area contributed by atoms with E-state index in [-0.39, 0.29) is 0 Å². The highest BCUT2D eigenvalue weighted by atomic mass is 32.1. The molecule has 0 N–H and O–H groups in total. The molecule has 0 spiro atoms. The minimum absolute atomic E-state index is 1.15. The molecule has 0 aliphatic heterocycles. The van der Waals surface area contributed by atoms with E-state index < -0.39 is 0 Å². The van der Waals surface area contributed by atoms with Crippen LogP contribution in [0.1, 0.15) is 32.8 Å². The van der Waals surface area contributed by atoms with Gasteiger partial charge in [0.1, 0.15) is 0 Å². The smallest absolute Gasteiger partial charge is 0.0837 e. The van der Waals surface area contributed by atoms with Crippen molar-refractivity contribution >= 4 is 11.3 Å². The predicted octanol–water partition coefficient (Wildman–Crippen LogP) is 4.66. The second-order valence-corrected chi connectivity index (χ2v) is 6.03. The quantitative estimate of drug-likeness (QED) is 0.712. The largest absolute Gasteiger partial charge is 0.252 e. The maximum atomic E-state index is 4.77. The van der Waals surface area contributed by atoms with E-state index in [4.69, 9.17) is 4.98 Å². The lowest BCUT2D eigenvalue weighted by Crippen LogP contribution is -1.98. The van der Waals surface area contributed by atoms with Gasteiger partial charge in [0.2, 0.25) is 0 Å². The average Bonchev–Trinajstić information content (AvgIpc) is 2.61. The van der Waals surface area contributed by atoms with Crippen molar-refractivity contribution in [3.05, 3.63) is 38.9 Å². The molecular weight excluding hydrogens is 226 g/mol. The maximum absolute atomic E-state index is 4.77. The van der Waals surface area contributed by atoms with Crippen molar-refractivity contribution in [1.82, 2.24) is 4.98 Å². The first-order valence-electron chi connectivity index (χ1n) is 5.93. The molecule has 2 heteroatoms. The van der Waals surface area contributed by atoms with Gasteiger partial charge >= 0.3 is 0 Å². The van der Waals surface area contributed by atoms with E-state index in [2.05, 4.69) is 47.6 Å². The minimum atomic E-state index is 1.15. The van der Waals surface area contributed by atoms with Crippen LogP contribution in [-0.2, 0) is 0 Å². The third-order valence-electron chi connectivity index (χ3n) is 3.70. The molecule has 0 aliphatic rings. The van der Waals surface area contributed by atoms with Gasteiger partial charge in [0.15, 0.2) is 0 Å². The molecule has 2 rings (SSSR count). The highest BCUT2D eigenvalue weighted by molar-refractivity contribution is 7.15. The Bertz CT molecular complexity index is 560. The summed E-state index contributed by atoms with van der Waals surface area (Å²) in [5.41, 5.74) is 7.67. The molecular formula is C15H19NS. The molecule has 2 heterocycles. The van der Waals surface area contributed by atoms with Gasteiger partial charge in [-0.2, -0.15) is 0 Å². The third-order valence-corrected chi connectivity index (χ3v) is 4.86. The Morgan fingerprint density at radius 3 is 2.06 bits per heavy atom. The Morgan fingerprint density at radius 1 is 0.882 bits per heavy atom. The Labute approximate surface area is 108 Å². The van der Waals surface area contributed by atoms with Crippen LogP contribution in [0, 0.1) is 41.5 Å². The lowest BCUT2D eigenvalue weighted by Gasteiger charge is -2.11. The lowest BCUT2D eigenvalue weighted by atomic mass is 10.0. The van der Waals surface area contributed by atoms with Gasteiger partial charge in [-0.25, -0.2) is 0 Å². The topological polar surface area (TPSA) is 12.9 Å². The molecule has 17 heavy (non-hydrogen) atoms. The van der Waals surface area contributed by atoms with Crippen LogP contribution in [0.3, 0.4) is 0 Å². The normalized spacial score (nSPS) is 10.9. The standard InChI is InChI=1S/C15H19NS/c1-8-7-14(17-13(8)6)15-11(4)9(2)10(3)12(5)16-15/h7H,1-6H3. The predicted molar refractivity (Wildman–Crippen MR) is 76.0 cm³/mol. The molecule has 2 aromatic rings. The van der Waals surface area contributed by atoms with E-state index in [9.17, 15) is 0 Å². The van der Waals surface area contributed by atoms with E-state index in [0.29, 0.717) is 0 Å². The van der Waals surface area contributed by atoms with Crippen molar-refractivity contribution in [2.45, 2.75) is 41.5 Å². The molecule has 0 saturated carbocycles. The van der Waals surface area contributed by atoms with Crippen LogP contribution in [0.2, 0.25) is 0 Å². The first-order valence-corrected chi connectivity index (χ1v) is 6.75. The molecule has 90 valence electrons. The molecule has 0 radical (unpaired) electrons. The van der Waals surface area contributed by atoms with Crippen molar-refractivity contribution in [2.24, 2.45) is 0 Å². The molecule has 0 aliphatic carbocycles. The molecule has 0 amide bonds. The Morgan fingerprint density at radius 2 is 1.53 bits per heavy atom. The number of aryl methyl sites for hydroxylation is 3. The number of nitrogens with zero attached hydrogens (tertiary/aromatic N) is 1. The summed E-state index contributed by atoms with van der Waals surface area (Å²) in [7, 11) is 0. The van der Waals surface area contributed by atoms with Crippen LogP contribution in [0.15, 0.2) is 6.07 Å². The SMILES string of the molecule is Cc1cc(-c2nc(C)c(C)c(C)c2C)sc1C. The molecule has 0 bridgehead atoms. The van der Waals surface area contributed by atoms with Crippen LogP contribution < -0.4 is 0 Å². The van der Waals surface area contributed by atoms with Crippen LogP contribution in [0.5, 0.6) is 0 Å². The van der Waals surface area contributed by atoms with E-state index in [0.717, 1.165) is 11.4 Å². The van der Waals surface area contributed by atoms with Crippen LogP contribution >= 0.6 is 11.3 Å². The van der Waals surface area contributed by atoms with Crippen molar-refractivity contribution in [2.75, 3.05) is 0 Å². The summed E-state index contributed by atoms with van der Waals surface area (Å²) in [4.78, 5) is 7.45. The third kappa shape index (κ3) is 2.02. The van der Waals surface area contributed by atoms with Crippen molar-refractivity contribution < 1.29 is 0 Å². The number of hydrogen-bond donors (Lipinski definition) is 0. The van der Waals surface area contributed by atoms with E-state index in [1.165, 1.54) is 32.0 Å². The Kier molecular flexibility index (Phi) is 3.09. The zero-order chi connectivity index (χ0) is 12.7. The summed E-state index contributed by atoms with van der Waals surface area (Å²) >= 11 is 1.84. The second kappa shape index (κ2) is 4.26. The number of hydrogen-bond acceptors (Lipinski definition) is 2.